The van der Waals surface area contributed by atoms with Crippen molar-refractivity contribution in [2.24, 2.45) is 5.92 Å². The number of amides is 1. The summed E-state index contributed by atoms with van der Waals surface area (Å²) in [6.45, 7) is 1.15. The molecule has 0 bridgehead atoms. The Kier molecular flexibility index (Phi) is 6.11. The number of rotatable bonds is 7. The molecule has 0 radical (unpaired) electrons. The number of aromatic amines is 1. The van der Waals surface area contributed by atoms with Crippen LogP contribution in [-0.4, -0.2) is 56.4 Å². The maximum atomic E-state index is 12.7. The second kappa shape index (κ2) is 9.11. The molecule has 3 aromatic heterocycles. The van der Waals surface area contributed by atoms with Crippen LogP contribution in [0.25, 0.3) is 5.52 Å². The van der Waals surface area contributed by atoms with Crippen molar-refractivity contribution in [2.45, 2.75) is 32.1 Å². The highest BCUT2D eigenvalue weighted by Gasteiger charge is 2.28. The second-order valence-electron chi connectivity index (χ2n) is 7.70. The lowest BCUT2D eigenvalue weighted by molar-refractivity contribution is -0.132. The minimum atomic E-state index is -0.180. The van der Waals surface area contributed by atoms with Crippen molar-refractivity contribution in [1.82, 2.24) is 24.5 Å². The smallest absolute Gasteiger partial charge is 0.275 e. The third-order valence-corrected chi connectivity index (χ3v) is 5.70. The van der Waals surface area contributed by atoms with Gasteiger partial charge in [-0.3, -0.25) is 14.4 Å². The fourth-order valence-corrected chi connectivity index (χ4v) is 3.94. The van der Waals surface area contributed by atoms with Crippen LogP contribution in [0.3, 0.4) is 0 Å². The number of ether oxygens (including phenoxy) is 1. The molecule has 0 aromatic carbocycles. The van der Waals surface area contributed by atoms with Gasteiger partial charge in [0.25, 0.3) is 5.56 Å². The van der Waals surface area contributed by atoms with E-state index in [9.17, 15) is 14.4 Å². The molecule has 31 heavy (non-hydrogen) atoms. The zero-order chi connectivity index (χ0) is 21.8. The van der Waals surface area contributed by atoms with Crippen LogP contribution in [0.5, 0.6) is 5.88 Å². The van der Waals surface area contributed by atoms with Crippen molar-refractivity contribution < 1.29 is 14.3 Å². The quantitative estimate of drug-likeness (QED) is 0.581. The first-order valence-corrected chi connectivity index (χ1v) is 10.4. The number of pyridine rings is 1. The van der Waals surface area contributed by atoms with Crippen molar-refractivity contribution in [3.8, 4) is 5.88 Å². The van der Waals surface area contributed by atoms with Gasteiger partial charge in [0.1, 0.15) is 11.3 Å². The van der Waals surface area contributed by atoms with E-state index in [0.717, 1.165) is 0 Å². The number of hydrogen-bond acceptors (Lipinski definition) is 6. The Labute approximate surface area is 179 Å². The number of hydrogen-bond donors (Lipinski definition) is 1. The molecule has 4 rings (SSSR count). The molecule has 9 nitrogen and oxygen atoms in total. The molecule has 0 saturated carbocycles. The van der Waals surface area contributed by atoms with E-state index < -0.39 is 0 Å². The molecule has 1 N–H and O–H groups in total. The fraction of sp³-hybridized carbons (Fsp3) is 0.409. The summed E-state index contributed by atoms with van der Waals surface area (Å²) in [6, 6.07) is 6.89. The predicted octanol–water partition coefficient (Wildman–Crippen LogP) is 1.87. The van der Waals surface area contributed by atoms with E-state index in [2.05, 4.69) is 15.1 Å². The number of nitrogens with one attached hydrogen (secondary N) is 1. The minimum Gasteiger partial charge on any atom is -0.481 e. The van der Waals surface area contributed by atoms with Gasteiger partial charge in [-0.25, -0.2) is 9.50 Å². The molecule has 1 fully saturated rings. The molecule has 0 unspecified atom stereocenters. The highest BCUT2D eigenvalue weighted by atomic mass is 16.5. The molecule has 4 heterocycles. The molecule has 162 valence electrons. The number of aryl methyl sites for hydroxylation is 1. The molecule has 0 atom stereocenters. The normalized spacial score (nSPS) is 14.7. The van der Waals surface area contributed by atoms with Gasteiger partial charge in [0, 0.05) is 55.9 Å². The SMILES string of the molecule is COc1ccc(C(=O)C2CCN(C(=O)CCCc3nn4cccc4c(=O)[nH]3)CC2)cn1. The Morgan fingerprint density at radius 3 is 2.74 bits per heavy atom. The number of likely N-dealkylation sites (tertiary alicyclic amines) is 1. The van der Waals surface area contributed by atoms with E-state index in [0.29, 0.717) is 68.0 Å². The van der Waals surface area contributed by atoms with Crippen LogP contribution in [-0.2, 0) is 11.2 Å². The Hall–Kier alpha value is -3.49. The van der Waals surface area contributed by atoms with Gasteiger partial charge in [-0.1, -0.05) is 0 Å². The number of carbonyl (C=O) groups is 2. The van der Waals surface area contributed by atoms with Gasteiger partial charge in [0.15, 0.2) is 5.78 Å². The zero-order valence-electron chi connectivity index (χ0n) is 17.4. The van der Waals surface area contributed by atoms with Gasteiger partial charge in [-0.2, -0.15) is 5.10 Å². The van der Waals surface area contributed by atoms with Crippen molar-refractivity contribution in [2.75, 3.05) is 20.2 Å². The first-order chi connectivity index (χ1) is 15.0. The third kappa shape index (κ3) is 4.65. The van der Waals surface area contributed by atoms with Crippen LogP contribution in [0.15, 0.2) is 41.5 Å². The molecule has 1 aliphatic rings. The zero-order valence-corrected chi connectivity index (χ0v) is 17.4. The Bertz CT molecular complexity index is 1130. The lowest BCUT2D eigenvalue weighted by atomic mass is 9.89. The van der Waals surface area contributed by atoms with Gasteiger partial charge in [-0.15, -0.1) is 0 Å². The average molecular weight is 423 g/mol. The molecule has 1 amide bonds. The monoisotopic (exact) mass is 423 g/mol. The van der Waals surface area contributed by atoms with Crippen molar-refractivity contribution in [3.63, 3.8) is 0 Å². The molecule has 9 heteroatoms. The number of Topliss-reactive ketones (excluding diaryl/α,β-unsaturated/α-hetero) is 1. The molecule has 0 aliphatic carbocycles. The van der Waals surface area contributed by atoms with Crippen LogP contribution in [0.4, 0.5) is 0 Å². The number of H-pyrrole nitrogens is 1. The topological polar surface area (TPSA) is 110 Å². The lowest BCUT2D eigenvalue weighted by Crippen LogP contribution is -2.40. The van der Waals surface area contributed by atoms with Crippen molar-refractivity contribution >= 4 is 17.2 Å². The molecular formula is C22H25N5O4. The summed E-state index contributed by atoms with van der Waals surface area (Å²) in [6.07, 6.45) is 6.08. The number of methoxy groups -OCH3 is 1. The number of carbonyl (C=O) groups excluding carboxylic acids is 2. The maximum Gasteiger partial charge on any atom is 0.275 e. The summed E-state index contributed by atoms with van der Waals surface area (Å²) in [5.74, 6) is 1.09. The first-order valence-electron chi connectivity index (χ1n) is 10.4. The summed E-state index contributed by atoms with van der Waals surface area (Å²) in [5.41, 5.74) is 0.898. The second-order valence-corrected chi connectivity index (χ2v) is 7.70. The van der Waals surface area contributed by atoms with E-state index in [-0.39, 0.29) is 23.2 Å². The van der Waals surface area contributed by atoms with Gasteiger partial charge in [0.2, 0.25) is 11.8 Å². The van der Waals surface area contributed by atoms with E-state index in [4.69, 9.17) is 4.74 Å². The molecular weight excluding hydrogens is 398 g/mol. The maximum absolute atomic E-state index is 12.7. The summed E-state index contributed by atoms with van der Waals surface area (Å²) in [4.78, 5) is 45.9. The van der Waals surface area contributed by atoms with E-state index in [1.165, 1.54) is 7.11 Å². The van der Waals surface area contributed by atoms with E-state index in [1.807, 2.05) is 4.90 Å². The van der Waals surface area contributed by atoms with Crippen LogP contribution >= 0.6 is 0 Å². The number of ketones is 1. The van der Waals surface area contributed by atoms with Crippen LogP contribution in [0.1, 0.15) is 41.9 Å². The minimum absolute atomic E-state index is 0.0673. The van der Waals surface area contributed by atoms with Gasteiger partial charge >= 0.3 is 0 Å². The number of aromatic nitrogens is 4. The van der Waals surface area contributed by atoms with Gasteiger partial charge in [0.05, 0.1) is 7.11 Å². The molecule has 1 saturated heterocycles. The molecule has 0 spiro atoms. The van der Waals surface area contributed by atoms with Crippen LogP contribution < -0.4 is 10.3 Å². The van der Waals surface area contributed by atoms with Gasteiger partial charge < -0.3 is 14.6 Å². The Morgan fingerprint density at radius 1 is 1.23 bits per heavy atom. The largest absolute Gasteiger partial charge is 0.481 e. The third-order valence-electron chi connectivity index (χ3n) is 5.70. The summed E-state index contributed by atoms with van der Waals surface area (Å²) in [5, 5.41) is 4.36. The summed E-state index contributed by atoms with van der Waals surface area (Å²) < 4.78 is 6.58. The van der Waals surface area contributed by atoms with Crippen molar-refractivity contribution in [1.29, 1.82) is 0 Å². The first kappa shape index (κ1) is 20.8. The van der Waals surface area contributed by atoms with Crippen LogP contribution in [0, 0.1) is 5.92 Å². The standard InChI is InChI=1S/C22H25N5O4/c1-31-19-8-7-16(14-23-19)21(29)15-9-12-26(13-10-15)20(28)6-2-5-18-24-22(30)17-4-3-11-27(17)25-18/h3-4,7-8,11,14-15H,2,5-6,9-10,12-13H2,1H3,(H,24,25,30). The van der Waals surface area contributed by atoms with E-state index >= 15 is 0 Å². The highest BCUT2D eigenvalue weighted by molar-refractivity contribution is 5.97. The Morgan fingerprint density at radius 2 is 2.03 bits per heavy atom. The fourth-order valence-electron chi connectivity index (χ4n) is 3.94. The van der Waals surface area contributed by atoms with E-state index in [1.54, 1.807) is 41.2 Å². The summed E-state index contributed by atoms with van der Waals surface area (Å²) >= 11 is 0. The van der Waals surface area contributed by atoms with Crippen molar-refractivity contribution in [3.05, 3.63) is 58.4 Å². The lowest BCUT2D eigenvalue weighted by Gasteiger charge is -2.31. The number of fused-ring (bicyclic) bond motifs is 1. The predicted molar refractivity (Wildman–Crippen MR) is 113 cm³/mol. The molecule has 1 aliphatic heterocycles. The number of nitrogens with zero attached hydrogens (tertiary/aromatic N) is 4. The summed E-state index contributed by atoms with van der Waals surface area (Å²) in [7, 11) is 1.53. The van der Waals surface area contributed by atoms with Gasteiger partial charge in [-0.05, 0) is 37.5 Å². The Balaban J connectivity index is 1.25. The molecule has 3 aromatic rings. The number of piperidine rings is 1. The highest BCUT2D eigenvalue weighted by Crippen LogP contribution is 2.23. The van der Waals surface area contributed by atoms with Crippen LogP contribution in [0.2, 0.25) is 0 Å². The average Bonchev–Trinajstić information content (AvgIpc) is 3.28.